The second-order valence-electron chi connectivity index (χ2n) is 5.60. The van der Waals surface area contributed by atoms with Crippen LogP contribution in [0.2, 0.25) is 0 Å². The zero-order valence-corrected chi connectivity index (χ0v) is 12.6. The molecule has 1 aliphatic carbocycles. The number of primary sulfonamides is 1. The van der Waals surface area contributed by atoms with Crippen LogP contribution in [0.4, 0.5) is 5.69 Å². The predicted molar refractivity (Wildman–Crippen MR) is 78.3 cm³/mol. The van der Waals surface area contributed by atoms with E-state index in [0.717, 1.165) is 31.4 Å². The van der Waals surface area contributed by atoms with Gasteiger partial charge in [-0.05, 0) is 37.1 Å². The molecule has 2 fully saturated rings. The zero-order valence-electron chi connectivity index (χ0n) is 11.7. The van der Waals surface area contributed by atoms with E-state index >= 15 is 0 Å². The number of nitrogens with one attached hydrogen (secondary N) is 1. The van der Waals surface area contributed by atoms with Gasteiger partial charge in [0.05, 0.1) is 18.1 Å². The molecule has 6 nitrogen and oxygen atoms in total. The Labute approximate surface area is 124 Å². The van der Waals surface area contributed by atoms with E-state index in [4.69, 9.17) is 14.6 Å². The van der Waals surface area contributed by atoms with Crippen molar-refractivity contribution in [1.82, 2.24) is 0 Å². The van der Waals surface area contributed by atoms with E-state index in [1.807, 2.05) is 0 Å². The second-order valence-corrected chi connectivity index (χ2v) is 7.16. The highest BCUT2D eigenvalue weighted by atomic mass is 32.2. The first kappa shape index (κ1) is 14.8. The van der Waals surface area contributed by atoms with Gasteiger partial charge in [0.25, 0.3) is 0 Å². The van der Waals surface area contributed by atoms with Gasteiger partial charge in [-0.3, -0.25) is 0 Å². The molecule has 3 N–H and O–H groups in total. The quantitative estimate of drug-likeness (QED) is 0.881. The van der Waals surface area contributed by atoms with Crippen molar-refractivity contribution >= 4 is 15.7 Å². The summed E-state index contributed by atoms with van der Waals surface area (Å²) in [5.74, 6) is -0.352. The molecule has 21 heavy (non-hydrogen) atoms. The third kappa shape index (κ3) is 3.37. The highest BCUT2D eigenvalue weighted by molar-refractivity contribution is 7.89. The van der Waals surface area contributed by atoms with E-state index < -0.39 is 10.0 Å². The summed E-state index contributed by atoms with van der Waals surface area (Å²) in [7, 11) is -3.63. The van der Waals surface area contributed by atoms with E-state index in [0.29, 0.717) is 19.3 Å². The van der Waals surface area contributed by atoms with Crippen molar-refractivity contribution in [2.75, 3.05) is 18.5 Å². The molecule has 1 saturated carbocycles. The van der Waals surface area contributed by atoms with Crippen LogP contribution >= 0.6 is 0 Å². The molecule has 1 aliphatic heterocycles. The molecule has 1 aromatic rings. The van der Waals surface area contributed by atoms with Gasteiger partial charge in [-0.15, -0.1) is 0 Å². The topological polar surface area (TPSA) is 90.7 Å². The lowest BCUT2D eigenvalue weighted by atomic mass is 9.90. The monoisotopic (exact) mass is 312 g/mol. The first-order valence-corrected chi connectivity index (χ1v) is 8.69. The molecule has 116 valence electrons. The van der Waals surface area contributed by atoms with Gasteiger partial charge in [0.2, 0.25) is 10.0 Å². The normalized spacial score (nSPS) is 22.5. The van der Waals surface area contributed by atoms with E-state index in [-0.39, 0.29) is 10.7 Å². The van der Waals surface area contributed by atoms with Crippen molar-refractivity contribution in [3.05, 3.63) is 24.3 Å². The summed E-state index contributed by atoms with van der Waals surface area (Å²) in [4.78, 5) is 0.128. The van der Waals surface area contributed by atoms with E-state index in [2.05, 4.69) is 5.32 Å². The van der Waals surface area contributed by atoms with Crippen LogP contribution in [0, 0.1) is 0 Å². The molecule has 2 aliphatic rings. The van der Waals surface area contributed by atoms with Crippen molar-refractivity contribution in [2.45, 2.75) is 42.4 Å². The van der Waals surface area contributed by atoms with E-state index in [1.54, 1.807) is 12.1 Å². The molecule has 0 unspecified atom stereocenters. The van der Waals surface area contributed by atoms with Crippen LogP contribution in [0.3, 0.4) is 0 Å². The Bertz CT molecular complexity index is 584. The van der Waals surface area contributed by atoms with Crippen LogP contribution in [0.15, 0.2) is 29.2 Å². The zero-order chi connectivity index (χ0) is 14.9. The van der Waals surface area contributed by atoms with Gasteiger partial charge in [0.15, 0.2) is 5.79 Å². The van der Waals surface area contributed by atoms with Crippen molar-refractivity contribution in [3.8, 4) is 0 Å². The molecule has 0 aromatic heterocycles. The Balaban J connectivity index is 1.58. The van der Waals surface area contributed by atoms with Crippen LogP contribution in [0.25, 0.3) is 0 Å². The average molecular weight is 312 g/mol. The summed E-state index contributed by atoms with van der Waals surface area (Å²) in [5, 5.41) is 8.50. The van der Waals surface area contributed by atoms with Crippen LogP contribution in [-0.2, 0) is 19.5 Å². The van der Waals surface area contributed by atoms with Gasteiger partial charge >= 0.3 is 0 Å². The fourth-order valence-corrected chi connectivity index (χ4v) is 3.48. The Kier molecular flexibility index (Phi) is 3.92. The Morgan fingerprint density at radius 1 is 1.10 bits per heavy atom. The fraction of sp³-hybridized carbons (Fsp3) is 0.571. The van der Waals surface area contributed by atoms with Gasteiger partial charge in [-0.1, -0.05) is 0 Å². The van der Waals surface area contributed by atoms with Crippen molar-refractivity contribution in [1.29, 1.82) is 0 Å². The van der Waals surface area contributed by atoms with Crippen molar-refractivity contribution in [2.24, 2.45) is 5.14 Å². The lowest BCUT2D eigenvalue weighted by Gasteiger charge is -2.36. The summed E-state index contributed by atoms with van der Waals surface area (Å²) in [6.07, 6.45) is 3.72. The Morgan fingerprint density at radius 3 is 2.19 bits per heavy atom. The summed E-state index contributed by atoms with van der Waals surface area (Å²) in [6, 6.07) is 6.87. The molecule has 0 amide bonds. The highest BCUT2D eigenvalue weighted by Crippen LogP contribution is 2.36. The minimum Gasteiger partial charge on any atom is -0.382 e. The molecule has 0 radical (unpaired) electrons. The standard InChI is InChI=1S/C14H20N2O4S/c15-21(17,18)13-3-1-11(2-4-13)16-12-5-7-14(8-6-12)19-9-10-20-14/h1-4,12,16H,5-10H2,(H2,15,17,18). The number of rotatable bonds is 3. The Morgan fingerprint density at radius 2 is 1.67 bits per heavy atom. The number of sulfonamides is 1. The maximum absolute atomic E-state index is 11.2. The SMILES string of the molecule is NS(=O)(=O)c1ccc(NC2CCC3(CC2)OCCO3)cc1. The second kappa shape index (κ2) is 5.57. The Hall–Kier alpha value is -1.15. The minimum atomic E-state index is -3.63. The third-order valence-electron chi connectivity index (χ3n) is 4.11. The largest absolute Gasteiger partial charge is 0.382 e. The van der Waals surface area contributed by atoms with Crippen LogP contribution in [0.5, 0.6) is 0 Å². The van der Waals surface area contributed by atoms with Gasteiger partial charge in [0.1, 0.15) is 0 Å². The van der Waals surface area contributed by atoms with Gasteiger partial charge in [-0.2, -0.15) is 0 Å². The fourth-order valence-electron chi connectivity index (χ4n) is 2.96. The molecule has 3 rings (SSSR count). The maximum atomic E-state index is 11.2. The summed E-state index contributed by atoms with van der Waals surface area (Å²) < 4.78 is 33.8. The van der Waals surface area contributed by atoms with Crippen LogP contribution in [0.1, 0.15) is 25.7 Å². The molecule has 0 bridgehead atoms. The molecular weight excluding hydrogens is 292 g/mol. The molecule has 1 heterocycles. The average Bonchev–Trinajstić information content (AvgIpc) is 2.90. The van der Waals surface area contributed by atoms with Crippen LogP contribution in [-0.4, -0.2) is 33.5 Å². The number of hydrogen-bond donors (Lipinski definition) is 2. The molecule has 0 atom stereocenters. The smallest absolute Gasteiger partial charge is 0.238 e. The third-order valence-corrected chi connectivity index (χ3v) is 5.04. The van der Waals surface area contributed by atoms with Crippen molar-refractivity contribution in [3.63, 3.8) is 0 Å². The maximum Gasteiger partial charge on any atom is 0.238 e. The lowest BCUT2D eigenvalue weighted by Crippen LogP contribution is -2.39. The first-order chi connectivity index (χ1) is 9.97. The number of anilines is 1. The lowest BCUT2D eigenvalue weighted by molar-refractivity contribution is -0.177. The number of ether oxygens (including phenoxy) is 2. The van der Waals surface area contributed by atoms with Crippen molar-refractivity contribution < 1.29 is 17.9 Å². The molecule has 1 saturated heterocycles. The van der Waals surface area contributed by atoms with E-state index in [1.165, 1.54) is 12.1 Å². The van der Waals surface area contributed by atoms with Gasteiger partial charge in [-0.25, -0.2) is 13.6 Å². The first-order valence-electron chi connectivity index (χ1n) is 7.14. The molecule has 1 spiro atoms. The predicted octanol–water partition coefficient (Wildman–Crippen LogP) is 1.43. The van der Waals surface area contributed by atoms with E-state index in [9.17, 15) is 8.42 Å². The molecular formula is C14H20N2O4S. The minimum absolute atomic E-state index is 0.128. The number of benzene rings is 1. The van der Waals surface area contributed by atoms with Gasteiger partial charge < -0.3 is 14.8 Å². The summed E-state index contributed by atoms with van der Waals surface area (Å²) in [5.41, 5.74) is 0.900. The van der Waals surface area contributed by atoms with Gasteiger partial charge in [0, 0.05) is 24.6 Å². The highest BCUT2D eigenvalue weighted by Gasteiger charge is 2.40. The number of nitrogens with two attached hydrogens (primary N) is 1. The number of hydrogen-bond acceptors (Lipinski definition) is 5. The molecule has 7 heteroatoms. The molecule has 1 aromatic carbocycles. The van der Waals surface area contributed by atoms with Crippen LogP contribution < -0.4 is 10.5 Å². The summed E-state index contributed by atoms with van der Waals surface area (Å²) in [6.45, 7) is 1.38. The summed E-state index contributed by atoms with van der Waals surface area (Å²) >= 11 is 0.